The zero-order chi connectivity index (χ0) is 15.0. The molecule has 6 heteroatoms. The Kier molecular flexibility index (Phi) is 3.55. The fourth-order valence-electron chi connectivity index (χ4n) is 2.90. The van der Waals surface area contributed by atoms with E-state index in [2.05, 4.69) is 4.98 Å². The second-order valence-corrected chi connectivity index (χ2v) is 5.45. The van der Waals surface area contributed by atoms with E-state index in [1.165, 1.54) is 4.57 Å². The van der Waals surface area contributed by atoms with E-state index in [0.717, 1.165) is 12.8 Å². The molecule has 1 aliphatic rings. The number of hydrogen-bond donors (Lipinski definition) is 1. The Morgan fingerprint density at radius 3 is 2.76 bits per heavy atom. The van der Waals surface area contributed by atoms with Crippen LogP contribution in [-0.2, 0) is 11.8 Å². The zero-order valence-corrected chi connectivity index (χ0v) is 12.3. The van der Waals surface area contributed by atoms with Crippen molar-refractivity contribution in [2.45, 2.75) is 18.9 Å². The van der Waals surface area contributed by atoms with Crippen molar-refractivity contribution in [3.8, 4) is 0 Å². The van der Waals surface area contributed by atoms with Crippen LogP contribution >= 0.6 is 0 Å². The summed E-state index contributed by atoms with van der Waals surface area (Å²) in [5.41, 5.74) is 0.934. The highest BCUT2D eigenvalue weighted by atomic mass is 16.5. The van der Waals surface area contributed by atoms with Gasteiger partial charge in [0.05, 0.1) is 11.7 Å². The zero-order valence-electron chi connectivity index (χ0n) is 12.3. The summed E-state index contributed by atoms with van der Waals surface area (Å²) in [7, 11) is 3.37. The van der Waals surface area contributed by atoms with Gasteiger partial charge in [0.1, 0.15) is 5.52 Å². The highest BCUT2D eigenvalue weighted by Gasteiger charge is 2.25. The Bertz CT molecular complexity index is 723. The van der Waals surface area contributed by atoms with Gasteiger partial charge in [-0.05, 0) is 18.9 Å². The summed E-state index contributed by atoms with van der Waals surface area (Å²) in [6, 6.07) is 1.78. The minimum absolute atomic E-state index is 0.0234. The van der Waals surface area contributed by atoms with Crippen molar-refractivity contribution < 1.29 is 9.53 Å². The maximum Gasteiger partial charge on any atom is 0.274 e. The normalized spacial score (nSPS) is 16.6. The fourth-order valence-corrected chi connectivity index (χ4v) is 2.90. The van der Waals surface area contributed by atoms with Gasteiger partial charge < -0.3 is 19.2 Å². The number of methoxy groups -OCH3 is 1. The number of nitrogens with one attached hydrogen (secondary N) is 1. The van der Waals surface area contributed by atoms with Crippen molar-refractivity contribution in [2.75, 3.05) is 20.2 Å². The number of carbonyl (C=O) groups is 1. The van der Waals surface area contributed by atoms with Gasteiger partial charge in [0, 0.05) is 45.0 Å². The summed E-state index contributed by atoms with van der Waals surface area (Å²) < 4.78 is 6.78. The number of H-pyrrole nitrogens is 1. The number of fused-ring (bicyclic) bond motifs is 1. The van der Waals surface area contributed by atoms with Crippen LogP contribution in [-0.4, -0.2) is 46.7 Å². The van der Waals surface area contributed by atoms with Crippen LogP contribution < -0.4 is 5.56 Å². The first-order valence-electron chi connectivity index (χ1n) is 7.10. The van der Waals surface area contributed by atoms with Crippen LogP contribution in [0.25, 0.3) is 10.9 Å². The van der Waals surface area contributed by atoms with E-state index in [4.69, 9.17) is 4.74 Å². The Morgan fingerprint density at radius 2 is 2.10 bits per heavy atom. The molecule has 0 atom stereocenters. The molecule has 1 N–H and O–H groups in total. The summed E-state index contributed by atoms with van der Waals surface area (Å²) in [5, 5.41) is 0.692. The molecule has 0 saturated carbocycles. The molecule has 2 aromatic heterocycles. The lowest BCUT2D eigenvalue weighted by Gasteiger charge is -2.31. The largest absolute Gasteiger partial charge is 0.381 e. The molecule has 112 valence electrons. The van der Waals surface area contributed by atoms with Gasteiger partial charge in [0.15, 0.2) is 0 Å². The first kappa shape index (κ1) is 13.9. The third-order valence-electron chi connectivity index (χ3n) is 4.19. The Hall–Kier alpha value is -2.08. The lowest BCUT2D eigenvalue weighted by atomic mass is 10.1. The molecule has 1 aliphatic heterocycles. The quantitative estimate of drug-likeness (QED) is 0.901. The Balaban J connectivity index is 1.94. The number of amides is 1. The topological polar surface area (TPSA) is 67.3 Å². The molecule has 0 aromatic carbocycles. The average Bonchev–Trinajstić information content (AvgIpc) is 3.00. The number of nitrogens with zero attached hydrogens (tertiary/aromatic N) is 2. The molecule has 3 rings (SSSR count). The molecular weight excluding hydrogens is 270 g/mol. The maximum atomic E-state index is 12.7. The smallest absolute Gasteiger partial charge is 0.274 e. The van der Waals surface area contributed by atoms with Gasteiger partial charge in [-0.25, -0.2) is 0 Å². The monoisotopic (exact) mass is 289 g/mol. The number of pyridine rings is 1. The van der Waals surface area contributed by atoms with Gasteiger partial charge in [-0.1, -0.05) is 0 Å². The molecule has 0 spiro atoms. The number of carbonyl (C=O) groups excluding carboxylic acids is 1. The number of hydrogen-bond acceptors (Lipinski definition) is 3. The molecule has 21 heavy (non-hydrogen) atoms. The van der Waals surface area contributed by atoms with Crippen molar-refractivity contribution in [3.63, 3.8) is 0 Å². The van der Waals surface area contributed by atoms with E-state index >= 15 is 0 Å². The second-order valence-electron chi connectivity index (χ2n) is 5.45. The van der Waals surface area contributed by atoms with Gasteiger partial charge in [0.25, 0.3) is 11.5 Å². The van der Waals surface area contributed by atoms with Gasteiger partial charge in [0.2, 0.25) is 0 Å². The van der Waals surface area contributed by atoms with Crippen molar-refractivity contribution >= 4 is 16.8 Å². The third kappa shape index (κ3) is 2.35. The number of rotatable bonds is 2. The van der Waals surface area contributed by atoms with Crippen LogP contribution in [0.2, 0.25) is 0 Å². The van der Waals surface area contributed by atoms with E-state index < -0.39 is 0 Å². The molecule has 2 aromatic rings. The molecular formula is C15H19N3O3. The van der Waals surface area contributed by atoms with E-state index in [9.17, 15) is 9.59 Å². The highest BCUT2D eigenvalue weighted by molar-refractivity contribution is 6.05. The number of aromatic amines is 1. The van der Waals surface area contributed by atoms with Crippen LogP contribution in [0.1, 0.15) is 23.2 Å². The van der Waals surface area contributed by atoms with E-state index in [1.807, 2.05) is 4.90 Å². The van der Waals surface area contributed by atoms with Crippen molar-refractivity contribution in [2.24, 2.45) is 7.05 Å². The molecule has 1 fully saturated rings. The number of piperidine rings is 1. The van der Waals surface area contributed by atoms with Gasteiger partial charge in [-0.3, -0.25) is 9.59 Å². The SMILES string of the molecule is COC1CCN(C(=O)c2cn(C)c(=O)c3[nH]ccc23)CC1. The van der Waals surface area contributed by atoms with Crippen LogP contribution in [0.15, 0.2) is 23.3 Å². The summed E-state index contributed by atoms with van der Waals surface area (Å²) in [5.74, 6) is -0.0234. The second kappa shape index (κ2) is 5.37. The molecule has 1 amide bonds. The summed E-state index contributed by atoms with van der Waals surface area (Å²) in [4.78, 5) is 29.5. The molecule has 0 unspecified atom stereocenters. The first-order chi connectivity index (χ1) is 10.1. The number of aryl methyl sites for hydroxylation is 1. The van der Waals surface area contributed by atoms with Crippen LogP contribution in [0.5, 0.6) is 0 Å². The minimum atomic E-state index is -0.121. The lowest BCUT2D eigenvalue weighted by Crippen LogP contribution is -2.41. The van der Waals surface area contributed by atoms with Crippen LogP contribution in [0, 0.1) is 0 Å². The number of aromatic nitrogens is 2. The predicted molar refractivity (Wildman–Crippen MR) is 79.5 cm³/mol. The standard InChI is InChI=1S/C15H19N3O3/c1-17-9-12(11-3-6-16-13(11)15(17)20)14(19)18-7-4-10(21-2)5-8-18/h3,6,9-10,16H,4-5,7-8H2,1-2H3. The number of ether oxygens (including phenoxy) is 1. The minimum Gasteiger partial charge on any atom is -0.381 e. The Morgan fingerprint density at radius 1 is 1.38 bits per heavy atom. The summed E-state index contributed by atoms with van der Waals surface area (Å²) in [6.07, 6.45) is 5.26. The van der Waals surface area contributed by atoms with Gasteiger partial charge in [-0.15, -0.1) is 0 Å². The van der Waals surface area contributed by atoms with Crippen molar-refractivity contribution in [3.05, 3.63) is 34.4 Å². The van der Waals surface area contributed by atoms with Crippen LogP contribution in [0.3, 0.4) is 0 Å². The van der Waals surface area contributed by atoms with Crippen molar-refractivity contribution in [1.82, 2.24) is 14.5 Å². The predicted octanol–water partition coefficient (Wildman–Crippen LogP) is 1.12. The van der Waals surface area contributed by atoms with Crippen LogP contribution in [0.4, 0.5) is 0 Å². The summed E-state index contributed by atoms with van der Waals surface area (Å²) >= 11 is 0. The lowest BCUT2D eigenvalue weighted by molar-refractivity contribution is 0.0351. The molecule has 0 aliphatic carbocycles. The molecule has 6 nitrogen and oxygen atoms in total. The highest BCUT2D eigenvalue weighted by Crippen LogP contribution is 2.20. The molecule has 0 bridgehead atoms. The average molecular weight is 289 g/mol. The fraction of sp³-hybridized carbons (Fsp3) is 0.467. The Labute approximate surface area is 122 Å². The van der Waals surface area contributed by atoms with Crippen molar-refractivity contribution in [1.29, 1.82) is 0 Å². The van der Waals surface area contributed by atoms with E-state index in [-0.39, 0.29) is 17.6 Å². The summed E-state index contributed by atoms with van der Waals surface area (Å²) in [6.45, 7) is 1.37. The number of likely N-dealkylation sites (tertiary alicyclic amines) is 1. The van der Waals surface area contributed by atoms with Gasteiger partial charge in [-0.2, -0.15) is 0 Å². The van der Waals surface area contributed by atoms with Gasteiger partial charge >= 0.3 is 0 Å². The molecule has 3 heterocycles. The van der Waals surface area contributed by atoms with E-state index in [1.54, 1.807) is 32.6 Å². The molecule has 0 radical (unpaired) electrons. The first-order valence-corrected chi connectivity index (χ1v) is 7.10. The van der Waals surface area contributed by atoms with E-state index in [0.29, 0.717) is 29.6 Å². The maximum absolute atomic E-state index is 12.7. The third-order valence-corrected chi connectivity index (χ3v) is 4.19. The molecule has 1 saturated heterocycles.